The molecule has 0 aliphatic carbocycles. The first kappa shape index (κ1) is 12.3. The first-order valence-electron chi connectivity index (χ1n) is 5.20. The van der Waals surface area contributed by atoms with Crippen molar-refractivity contribution in [2.45, 2.75) is 32.4 Å². The zero-order chi connectivity index (χ0) is 11.5. The van der Waals surface area contributed by atoms with Gasteiger partial charge in [0.05, 0.1) is 0 Å². The van der Waals surface area contributed by atoms with Gasteiger partial charge in [-0.05, 0) is 26.2 Å². The van der Waals surface area contributed by atoms with Crippen molar-refractivity contribution in [3.8, 4) is 0 Å². The van der Waals surface area contributed by atoms with Crippen molar-refractivity contribution in [1.29, 1.82) is 0 Å². The molecule has 0 aromatic heterocycles. The molecule has 82 valence electrons. The molecule has 1 aliphatic rings. The summed E-state index contributed by atoms with van der Waals surface area (Å²) in [5.74, 6) is 0.331. The third-order valence-electron chi connectivity index (χ3n) is 2.79. The SMILES string of the molecule is C/C=C\C=C/C1=CSC(C)(C)C(C)C1=O. The number of Topliss-reactive ketones (excluding diaryl/α,β-unsaturated/α-hetero) is 1. The Morgan fingerprint density at radius 3 is 2.67 bits per heavy atom. The quantitative estimate of drug-likeness (QED) is 0.662. The molecule has 0 saturated heterocycles. The summed E-state index contributed by atoms with van der Waals surface area (Å²) in [6.07, 6.45) is 7.69. The van der Waals surface area contributed by atoms with Gasteiger partial charge in [0.25, 0.3) is 0 Å². The summed E-state index contributed by atoms with van der Waals surface area (Å²) in [4.78, 5) is 12.0. The topological polar surface area (TPSA) is 17.1 Å². The second-order valence-corrected chi connectivity index (χ2v) is 5.79. The average Bonchev–Trinajstić information content (AvgIpc) is 2.19. The molecule has 1 atom stereocenters. The third-order valence-corrected chi connectivity index (χ3v) is 4.12. The summed E-state index contributed by atoms with van der Waals surface area (Å²) in [6, 6.07) is 0. The van der Waals surface area contributed by atoms with E-state index >= 15 is 0 Å². The van der Waals surface area contributed by atoms with Gasteiger partial charge in [0.1, 0.15) is 0 Å². The fourth-order valence-corrected chi connectivity index (χ4v) is 2.27. The molecule has 0 saturated carbocycles. The number of thioether (sulfide) groups is 1. The van der Waals surface area contributed by atoms with Gasteiger partial charge in [-0.25, -0.2) is 0 Å². The van der Waals surface area contributed by atoms with Crippen LogP contribution in [0.5, 0.6) is 0 Å². The summed E-state index contributed by atoms with van der Waals surface area (Å²) in [6.45, 7) is 8.19. The average molecular weight is 222 g/mol. The largest absolute Gasteiger partial charge is 0.294 e. The van der Waals surface area contributed by atoms with Crippen LogP contribution in [0.2, 0.25) is 0 Å². The van der Waals surface area contributed by atoms with E-state index in [1.807, 2.05) is 43.6 Å². The number of allylic oxidation sites excluding steroid dienone is 5. The molecule has 15 heavy (non-hydrogen) atoms. The van der Waals surface area contributed by atoms with Gasteiger partial charge in [-0.1, -0.05) is 31.2 Å². The lowest BCUT2D eigenvalue weighted by atomic mass is 9.88. The number of carbonyl (C=O) groups is 1. The monoisotopic (exact) mass is 222 g/mol. The molecule has 1 nitrogen and oxygen atoms in total. The maximum Gasteiger partial charge on any atom is 0.167 e. The first-order chi connectivity index (χ1) is 6.99. The molecular weight excluding hydrogens is 204 g/mol. The zero-order valence-electron chi connectivity index (χ0n) is 9.78. The van der Waals surface area contributed by atoms with E-state index in [0.29, 0.717) is 0 Å². The lowest BCUT2D eigenvalue weighted by Gasteiger charge is -2.32. The second kappa shape index (κ2) is 4.84. The second-order valence-electron chi connectivity index (χ2n) is 4.27. The molecule has 1 unspecified atom stereocenters. The fraction of sp³-hybridized carbons (Fsp3) is 0.462. The number of ketones is 1. The molecule has 1 aliphatic heterocycles. The maximum atomic E-state index is 12.0. The van der Waals surface area contributed by atoms with Gasteiger partial charge in [0.2, 0.25) is 0 Å². The fourth-order valence-electron chi connectivity index (χ4n) is 1.33. The van der Waals surface area contributed by atoms with Gasteiger partial charge < -0.3 is 0 Å². The number of hydrogen-bond donors (Lipinski definition) is 0. The van der Waals surface area contributed by atoms with Crippen molar-refractivity contribution < 1.29 is 4.79 Å². The molecule has 0 amide bonds. The highest BCUT2D eigenvalue weighted by atomic mass is 32.2. The Labute approximate surface area is 96.3 Å². The van der Waals surface area contributed by atoms with Gasteiger partial charge in [-0.15, -0.1) is 11.8 Å². The Morgan fingerprint density at radius 2 is 2.07 bits per heavy atom. The van der Waals surface area contributed by atoms with Crippen LogP contribution >= 0.6 is 11.8 Å². The van der Waals surface area contributed by atoms with Crippen molar-refractivity contribution in [2.75, 3.05) is 0 Å². The highest BCUT2D eigenvalue weighted by molar-refractivity contribution is 8.03. The first-order valence-corrected chi connectivity index (χ1v) is 6.08. The Balaban J connectivity index is 2.86. The van der Waals surface area contributed by atoms with E-state index in [9.17, 15) is 4.79 Å². The minimum atomic E-state index is 0.0228. The summed E-state index contributed by atoms with van der Waals surface area (Å²) >= 11 is 1.74. The van der Waals surface area contributed by atoms with E-state index < -0.39 is 0 Å². The van der Waals surface area contributed by atoms with E-state index in [2.05, 4.69) is 13.8 Å². The minimum absolute atomic E-state index is 0.0228. The van der Waals surface area contributed by atoms with Crippen molar-refractivity contribution in [3.63, 3.8) is 0 Å². The lowest BCUT2D eigenvalue weighted by molar-refractivity contribution is -0.119. The van der Waals surface area contributed by atoms with Crippen molar-refractivity contribution in [1.82, 2.24) is 0 Å². The van der Waals surface area contributed by atoms with Crippen LogP contribution in [-0.4, -0.2) is 10.5 Å². The zero-order valence-corrected chi connectivity index (χ0v) is 10.6. The molecule has 0 radical (unpaired) electrons. The van der Waals surface area contributed by atoms with Crippen LogP contribution in [0.3, 0.4) is 0 Å². The van der Waals surface area contributed by atoms with Gasteiger partial charge in [-0.3, -0.25) is 4.79 Å². The van der Waals surface area contributed by atoms with E-state index in [0.717, 1.165) is 5.57 Å². The minimum Gasteiger partial charge on any atom is -0.294 e. The summed E-state index contributed by atoms with van der Waals surface area (Å²) in [5, 5.41) is 1.97. The van der Waals surface area contributed by atoms with Crippen molar-refractivity contribution in [3.05, 3.63) is 35.3 Å². The Morgan fingerprint density at radius 1 is 1.40 bits per heavy atom. The molecule has 1 rings (SSSR count). The number of carbonyl (C=O) groups excluding carboxylic acids is 1. The summed E-state index contributed by atoms with van der Waals surface area (Å²) in [7, 11) is 0. The predicted molar refractivity (Wildman–Crippen MR) is 67.9 cm³/mol. The predicted octanol–water partition coefficient (Wildman–Crippen LogP) is 3.73. The smallest absolute Gasteiger partial charge is 0.167 e. The van der Waals surface area contributed by atoms with Crippen LogP contribution in [0.4, 0.5) is 0 Å². The van der Waals surface area contributed by atoms with E-state index in [1.165, 1.54) is 0 Å². The summed E-state index contributed by atoms with van der Waals surface area (Å²) < 4.78 is 0.0228. The number of hydrogen-bond acceptors (Lipinski definition) is 2. The molecular formula is C13H18OS. The van der Waals surface area contributed by atoms with Gasteiger partial charge in [0, 0.05) is 16.2 Å². The molecule has 0 fully saturated rings. The molecule has 1 heterocycles. The molecule has 2 heteroatoms. The maximum absolute atomic E-state index is 12.0. The molecule has 0 aromatic carbocycles. The normalized spacial score (nSPS) is 26.3. The van der Waals surface area contributed by atoms with E-state index in [1.54, 1.807) is 11.8 Å². The van der Waals surface area contributed by atoms with Crippen molar-refractivity contribution in [2.24, 2.45) is 5.92 Å². The molecule has 0 N–H and O–H groups in total. The Bertz CT molecular complexity index is 334. The Kier molecular flexibility index (Phi) is 3.97. The lowest BCUT2D eigenvalue weighted by Crippen LogP contribution is -2.34. The van der Waals surface area contributed by atoms with Gasteiger partial charge >= 0.3 is 0 Å². The van der Waals surface area contributed by atoms with E-state index in [-0.39, 0.29) is 16.4 Å². The third kappa shape index (κ3) is 2.85. The highest BCUT2D eigenvalue weighted by Gasteiger charge is 2.35. The van der Waals surface area contributed by atoms with Crippen molar-refractivity contribution >= 4 is 17.5 Å². The highest BCUT2D eigenvalue weighted by Crippen LogP contribution is 2.40. The van der Waals surface area contributed by atoms with Gasteiger partial charge in [0.15, 0.2) is 5.78 Å². The van der Waals surface area contributed by atoms with Crippen LogP contribution < -0.4 is 0 Å². The van der Waals surface area contributed by atoms with Crippen LogP contribution in [0.15, 0.2) is 35.3 Å². The Hall–Kier alpha value is -0.760. The van der Waals surface area contributed by atoms with E-state index in [4.69, 9.17) is 0 Å². The van der Waals surface area contributed by atoms with Crippen LogP contribution in [0.1, 0.15) is 27.7 Å². The number of rotatable bonds is 2. The van der Waals surface area contributed by atoms with Crippen LogP contribution in [0, 0.1) is 5.92 Å². The molecule has 0 bridgehead atoms. The van der Waals surface area contributed by atoms with Crippen LogP contribution in [0.25, 0.3) is 0 Å². The molecule has 0 aromatic rings. The van der Waals surface area contributed by atoms with Gasteiger partial charge in [-0.2, -0.15) is 0 Å². The standard InChI is InChI=1S/C13H18OS/c1-5-6-7-8-11-9-15-13(3,4)10(2)12(11)14/h5-10H,1-4H3/b6-5-,8-7-. The van der Waals surface area contributed by atoms with Crippen LogP contribution in [-0.2, 0) is 4.79 Å². The summed E-state index contributed by atoms with van der Waals surface area (Å²) in [5.41, 5.74) is 0.824. The molecule has 0 spiro atoms.